The van der Waals surface area contributed by atoms with Gasteiger partial charge in [0.1, 0.15) is 18.7 Å². The number of hydrogen-bond donors (Lipinski definition) is 1. The van der Waals surface area contributed by atoms with E-state index >= 15 is 0 Å². The van der Waals surface area contributed by atoms with Crippen molar-refractivity contribution < 1.29 is 5.11 Å². The van der Waals surface area contributed by atoms with Crippen LogP contribution in [0, 0.1) is 13.8 Å². The summed E-state index contributed by atoms with van der Waals surface area (Å²) in [6.45, 7) is 7.36. The van der Waals surface area contributed by atoms with Gasteiger partial charge in [-0.2, -0.15) is 10.2 Å². The topological polar surface area (TPSA) is 68.8 Å². The van der Waals surface area contributed by atoms with E-state index in [-0.39, 0.29) is 6.61 Å². The summed E-state index contributed by atoms with van der Waals surface area (Å²) < 4.78 is 3.66. The summed E-state index contributed by atoms with van der Waals surface area (Å²) in [5.41, 5.74) is 3.54. The standard InChI is InChI=1S/C12H19N5O/c1-4-11-9(2)15-17(10(11)3)7-12-13-8-14-16(12)5-6-18/h8,18H,4-7H2,1-3H3. The van der Waals surface area contributed by atoms with Crippen molar-refractivity contribution in [2.24, 2.45) is 0 Å². The van der Waals surface area contributed by atoms with Crippen molar-refractivity contribution in [3.63, 3.8) is 0 Å². The fourth-order valence-electron chi connectivity index (χ4n) is 2.23. The zero-order valence-electron chi connectivity index (χ0n) is 11.1. The molecule has 0 aliphatic rings. The molecule has 2 aromatic heterocycles. The van der Waals surface area contributed by atoms with Gasteiger partial charge in [-0.05, 0) is 25.8 Å². The SMILES string of the molecule is CCc1c(C)nn(Cc2ncnn2CCO)c1C. The lowest BCUT2D eigenvalue weighted by Crippen LogP contribution is -2.13. The van der Waals surface area contributed by atoms with Crippen LogP contribution in [-0.4, -0.2) is 36.3 Å². The van der Waals surface area contributed by atoms with Crippen molar-refractivity contribution >= 4 is 0 Å². The van der Waals surface area contributed by atoms with Gasteiger partial charge in [0.05, 0.1) is 18.8 Å². The zero-order chi connectivity index (χ0) is 13.1. The van der Waals surface area contributed by atoms with Crippen LogP contribution in [0.4, 0.5) is 0 Å². The first-order valence-electron chi connectivity index (χ1n) is 6.17. The van der Waals surface area contributed by atoms with Crippen LogP contribution in [0.15, 0.2) is 6.33 Å². The quantitative estimate of drug-likeness (QED) is 0.846. The molecule has 0 saturated heterocycles. The largest absolute Gasteiger partial charge is 0.394 e. The van der Waals surface area contributed by atoms with E-state index in [1.807, 2.05) is 11.6 Å². The van der Waals surface area contributed by atoms with Gasteiger partial charge in [-0.15, -0.1) is 0 Å². The lowest BCUT2D eigenvalue weighted by atomic mass is 10.1. The van der Waals surface area contributed by atoms with E-state index in [9.17, 15) is 0 Å². The molecule has 18 heavy (non-hydrogen) atoms. The maximum absolute atomic E-state index is 8.96. The summed E-state index contributed by atoms with van der Waals surface area (Å²) in [6, 6.07) is 0. The average Bonchev–Trinajstić information content (AvgIpc) is 2.87. The van der Waals surface area contributed by atoms with Crippen LogP contribution < -0.4 is 0 Å². The minimum atomic E-state index is 0.0632. The Kier molecular flexibility index (Phi) is 3.76. The molecule has 2 heterocycles. The van der Waals surface area contributed by atoms with E-state index < -0.39 is 0 Å². The Morgan fingerprint density at radius 3 is 2.67 bits per heavy atom. The van der Waals surface area contributed by atoms with Gasteiger partial charge in [-0.1, -0.05) is 6.92 Å². The maximum atomic E-state index is 8.96. The third kappa shape index (κ3) is 2.28. The van der Waals surface area contributed by atoms with Crippen LogP contribution in [0.1, 0.15) is 29.7 Å². The summed E-state index contributed by atoms with van der Waals surface area (Å²) in [5.74, 6) is 0.817. The molecule has 0 fully saturated rings. The molecule has 0 unspecified atom stereocenters. The maximum Gasteiger partial charge on any atom is 0.148 e. The molecule has 98 valence electrons. The van der Waals surface area contributed by atoms with Crippen LogP contribution in [0.2, 0.25) is 0 Å². The molecular formula is C12H19N5O. The van der Waals surface area contributed by atoms with Crippen LogP contribution in [0.25, 0.3) is 0 Å². The number of nitrogens with zero attached hydrogens (tertiary/aromatic N) is 5. The first-order chi connectivity index (χ1) is 8.67. The van der Waals surface area contributed by atoms with E-state index in [4.69, 9.17) is 5.11 Å². The van der Waals surface area contributed by atoms with E-state index in [2.05, 4.69) is 29.0 Å². The van der Waals surface area contributed by atoms with Crippen molar-refractivity contribution in [3.8, 4) is 0 Å². The van der Waals surface area contributed by atoms with Crippen molar-refractivity contribution in [3.05, 3.63) is 29.1 Å². The molecule has 0 aliphatic carbocycles. The Morgan fingerprint density at radius 2 is 2.06 bits per heavy atom. The van der Waals surface area contributed by atoms with E-state index in [1.165, 1.54) is 17.6 Å². The Hall–Kier alpha value is -1.69. The first-order valence-corrected chi connectivity index (χ1v) is 6.17. The van der Waals surface area contributed by atoms with Gasteiger partial charge in [0.25, 0.3) is 0 Å². The summed E-state index contributed by atoms with van der Waals surface area (Å²) in [5, 5.41) is 17.6. The molecule has 0 aromatic carbocycles. The van der Waals surface area contributed by atoms with Gasteiger partial charge >= 0.3 is 0 Å². The fourth-order valence-corrected chi connectivity index (χ4v) is 2.23. The van der Waals surface area contributed by atoms with Crippen molar-refractivity contribution in [1.82, 2.24) is 24.5 Å². The lowest BCUT2D eigenvalue weighted by Gasteiger charge is -2.06. The lowest BCUT2D eigenvalue weighted by molar-refractivity contribution is 0.266. The van der Waals surface area contributed by atoms with Gasteiger partial charge < -0.3 is 5.11 Å². The molecule has 2 aromatic rings. The van der Waals surface area contributed by atoms with Gasteiger partial charge in [0, 0.05) is 5.69 Å². The number of rotatable bonds is 5. The van der Waals surface area contributed by atoms with Gasteiger partial charge in [-0.25, -0.2) is 9.67 Å². The average molecular weight is 249 g/mol. The monoisotopic (exact) mass is 249 g/mol. The minimum Gasteiger partial charge on any atom is -0.394 e. The highest BCUT2D eigenvalue weighted by atomic mass is 16.3. The minimum absolute atomic E-state index is 0.0632. The summed E-state index contributed by atoms with van der Waals surface area (Å²) >= 11 is 0. The predicted molar refractivity (Wildman–Crippen MR) is 67.3 cm³/mol. The molecule has 0 aliphatic heterocycles. The zero-order valence-corrected chi connectivity index (χ0v) is 11.1. The van der Waals surface area contributed by atoms with Crippen molar-refractivity contribution in [2.75, 3.05) is 6.61 Å². The van der Waals surface area contributed by atoms with Gasteiger partial charge in [0.15, 0.2) is 0 Å². The highest BCUT2D eigenvalue weighted by molar-refractivity contribution is 5.24. The summed E-state index contributed by atoms with van der Waals surface area (Å²) in [7, 11) is 0. The highest BCUT2D eigenvalue weighted by Gasteiger charge is 2.12. The summed E-state index contributed by atoms with van der Waals surface area (Å²) in [4.78, 5) is 4.22. The highest BCUT2D eigenvalue weighted by Crippen LogP contribution is 2.14. The van der Waals surface area contributed by atoms with Crippen LogP contribution in [0.5, 0.6) is 0 Å². The molecule has 0 spiro atoms. The van der Waals surface area contributed by atoms with E-state index in [0.717, 1.165) is 17.9 Å². The summed E-state index contributed by atoms with van der Waals surface area (Å²) in [6.07, 6.45) is 2.50. The molecule has 1 N–H and O–H groups in total. The predicted octanol–water partition coefficient (Wildman–Crippen LogP) is 0.694. The third-order valence-electron chi connectivity index (χ3n) is 3.18. The fraction of sp³-hybridized carbons (Fsp3) is 0.583. The molecular weight excluding hydrogens is 230 g/mol. The Bertz CT molecular complexity index is 529. The Balaban J connectivity index is 2.26. The molecule has 6 heteroatoms. The van der Waals surface area contributed by atoms with Crippen LogP contribution >= 0.6 is 0 Å². The molecule has 0 radical (unpaired) electrons. The second-order valence-electron chi connectivity index (χ2n) is 4.28. The molecule has 0 atom stereocenters. The molecule has 0 saturated carbocycles. The van der Waals surface area contributed by atoms with Gasteiger partial charge in [0.2, 0.25) is 0 Å². The van der Waals surface area contributed by atoms with E-state index in [1.54, 1.807) is 4.68 Å². The Labute approximate surface area is 106 Å². The van der Waals surface area contributed by atoms with E-state index in [0.29, 0.717) is 13.1 Å². The molecule has 0 bridgehead atoms. The molecule has 0 amide bonds. The van der Waals surface area contributed by atoms with Crippen LogP contribution in [0.3, 0.4) is 0 Å². The first kappa shape index (κ1) is 12.8. The molecule has 6 nitrogen and oxygen atoms in total. The number of hydrogen-bond acceptors (Lipinski definition) is 4. The number of aliphatic hydroxyl groups excluding tert-OH is 1. The van der Waals surface area contributed by atoms with Gasteiger partial charge in [-0.3, -0.25) is 4.68 Å². The second-order valence-corrected chi connectivity index (χ2v) is 4.28. The van der Waals surface area contributed by atoms with Crippen LogP contribution in [-0.2, 0) is 19.5 Å². The second kappa shape index (κ2) is 5.30. The molecule has 2 rings (SSSR count). The normalized spacial score (nSPS) is 11.1. The number of aliphatic hydroxyl groups is 1. The Morgan fingerprint density at radius 1 is 1.28 bits per heavy atom. The van der Waals surface area contributed by atoms with Crippen molar-refractivity contribution in [1.29, 1.82) is 0 Å². The van der Waals surface area contributed by atoms with Crippen molar-refractivity contribution in [2.45, 2.75) is 40.3 Å². The number of aromatic nitrogens is 5. The third-order valence-corrected chi connectivity index (χ3v) is 3.18. The smallest absolute Gasteiger partial charge is 0.148 e. The number of aryl methyl sites for hydroxylation is 1.